The summed E-state index contributed by atoms with van der Waals surface area (Å²) in [7, 11) is 2.13. The Bertz CT molecular complexity index is 336. The fourth-order valence-corrected chi connectivity index (χ4v) is 1.98. The lowest BCUT2D eigenvalue weighted by Gasteiger charge is -2.30. The fraction of sp³-hybridized carbons (Fsp3) is 0.500. The SMILES string of the molecule is CN1CCCC(Oc2ccccc2N)C1.Cl.Cl. The van der Waals surface area contributed by atoms with Crippen LogP contribution in [0.25, 0.3) is 0 Å². The van der Waals surface area contributed by atoms with E-state index in [4.69, 9.17) is 10.5 Å². The number of benzene rings is 1. The number of nitrogens with two attached hydrogens (primary N) is 1. The molecule has 1 aliphatic rings. The first kappa shape index (κ1) is 16.4. The van der Waals surface area contributed by atoms with Crippen molar-refractivity contribution in [1.29, 1.82) is 0 Å². The van der Waals surface area contributed by atoms with Gasteiger partial charge in [0.2, 0.25) is 0 Å². The molecule has 0 aromatic heterocycles. The van der Waals surface area contributed by atoms with Gasteiger partial charge in [-0.1, -0.05) is 12.1 Å². The number of ether oxygens (including phenoxy) is 1. The van der Waals surface area contributed by atoms with Crippen molar-refractivity contribution in [2.75, 3.05) is 25.9 Å². The number of hydrogen-bond donors (Lipinski definition) is 1. The second kappa shape index (κ2) is 7.64. The largest absolute Gasteiger partial charge is 0.487 e. The van der Waals surface area contributed by atoms with Crippen LogP contribution in [0.3, 0.4) is 0 Å². The lowest BCUT2D eigenvalue weighted by molar-refractivity contribution is 0.105. The monoisotopic (exact) mass is 278 g/mol. The van der Waals surface area contributed by atoms with E-state index in [2.05, 4.69) is 11.9 Å². The van der Waals surface area contributed by atoms with Crippen molar-refractivity contribution in [1.82, 2.24) is 4.90 Å². The van der Waals surface area contributed by atoms with Crippen LogP contribution in [0.4, 0.5) is 5.69 Å². The van der Waals surface area contributed by atoms with Gasteiger partial charge < -0.3 is 15.4 Å². The third-order valence-corrected chi connectivity index (χ3v) is 2.79. The molecule has 0 aliphatic carbocycles. The predicted molar refractivity (Wildman–Crippen MR) is 76.5 cm³/mol. The van der Waals surface area contributed by atoms with Crippen LogP contribution in [0.5, 0.6) is 5.75 Å². The molecule has 98 valence electrons. The Hall–Kier alpha value is -0.640. The number of anilines is 1. The van der Waals surface area contributed by atoms with Crippen LogP contribution >= 0.6 is 24.8 Å². The topological polar surface area (TPSA) is 38.5 Å². The van der Waals surface area contributed by atoms with Crippen LogP contribution in [0.15, 0.2) is 24.3 Å². The number of hydrogen-bond acceptors (Lipinski definition) is 3. The van der Waals surface area contributed by atoms with E-state index in [9.17, 15) is 0 Å². The molecule has 1 atom stereocenters. The minimum absolute atomic E-state index is 0. The van der Waals surface area contributed by atoms with E-state index >= 15 is 0 Å². The zero-order chi connectivity index (χ0) is 10.7. The zero-order valence-corrected chi connectivity index (χ0v) is 11.6. The summed E-state index contributed by atoms with van der Waals surface area (Å²) in [5, 5.41) is 0. The van der Waals surface area contributed by atoms with Crippen LogP contribution in [-0.2, 0) is 0 Å². The molecule has 0 saturated carbocycles. The molecule has 1 aliphatic heterocycles. The quantitative estimate of drug-likeness (QED) is 0.846. The predicted octanol–water partition coefficient (Wildman–Crippen LogP) is 2.59. The van der Waals surface area contributed by atoms with Crippen molar-refractivity contribution in [2.45, 2.75) is 18.9 Å². The highest BCUT2D eigenvalue weighted by atomic mass is 35.5. The summed E-state index contributed by atoms with van der Waals surface area (Å²) in [6.07, 6.45) is 2.61. The third-order valence-electron chi connectivity index (χ3n) is 2.79. The molecule has 3 nitrogen and oxygen atoms in total. The normalized spacial score (nSPS) is 19.9. The van der Waals surface area contributed by atoms with E-state index in [0.29, 0.717) is 0 Å². The molecule has 1 saturated heterocycles. The summed E-state index contributed by atoms with van der Waals surface area (Å²) >= 11 is 0. The minimum Gasteiger partial charge on any atom is -0.487 e. The Morgan fingerprint density at radius 2 is 2.00 bits per heavy atom. The smallest absolute Gasteiger partial charge is 0.142 e. The molecule has 1 aromatic rings. The Balaban J connectivity index is 0.00000128. The van der Waals surface area contributed by atoms with Gasteiger partial charge in [-0.3, -0.25) is 0 Å². The van der Waals surface area contributed by atoms with Gasteiger partial charge >= 0.3 is 0 Å². The van der Waals surface area contributed by atoms with Gasteiger partial charge in [0, 0.05) is 6.54 Å². The molecule has 1 heterocycles. The highest BCUT2D eigenvalue weighted by Crippen LogP contribution is 2.23. The molecular formula is C12H20Cl2N2O. The maximum absolute atomic E-state index is 5.89. The molecule has 1 unspecified atom stereocenters. The van der Waals surface area contributed by atoms with Gasteiger partial charge in [0.25, 0.3) is 0 Å². The molecular weight excluding hydrogens is 259 g/mol. The molecule has 2 N–H and O–H groups in total. The van der Waals surface area contributed by atoms with Gasteiger partial charge in [-0.05, 0) is 38.6 Å². The van der Waals surface area contributed by atoms with Crippen molar-refractivity contribution in [3.05, 3.63) is 24.3 Å². The maximum Gasteiger partial charge on any atom is 0.142 e. The second-order valence-corrected chi connectivity index (χ2v) is 4.18. The number of nitrogen functional groups attached to an aromatic ring is 1. The molecule has 1 aromatic carbocycles. The van der Waals surface area contributed by atoms with Crippen LogP contribution < -0.4 is 10.5 Å². The fourth-order valence-electron chi connectivity index (χ4n) is 1.98. The molecule has 0 spiro atoms. The van der Waals surface area contributed by atoms with Crippen LogP contribution in [0, 0.1) is 0 Å². The summed E-state index contributed by atoms with van der Waals surface area (Å²) in [5.74, 6) is 0.817. The van der Waals surface area contributed by atoms with E-state index in [1.54, 1.807) is 0 Å². The van der Waals surface area contributed by atoms with Gasteiger partial charge in [0.1, 0.15) is 11.9 Å². The summed E-state index contributed by atoms with van der Waals surface area (Å²) < 4.78 is 5.89. The van der Waals surface area contributed by atoms with Crippen molar-refractivity contribution in [3.8, 4) is 5.75 Å². The van der Waals surface area contributed by atoms with Crippen LogP contribution in [-0.4, -0.2) is 31.1 Å². The first-order chi connectivity index (χ1) is 7.25. The Morgan fingerprint density at radius 3 is 2.65 bits per heavy atom. The molecule has 17 heavy (non-hydrogen) atoms. The molecule has 1 fully saturated rings. The van der Waals surface area contributed by atoms with Crippen molar-refractivity contribution >= 4 is 30.5 Å². The molecule has 2 rings (SSSR count). The molecule has 0 bridgehead atoms. The Labute approximate surface area is 115 Å². The average molecular weight is 279 g/mol. The van der Waals surface area contributed by atoms with Crippen molar-refractivity contribution < 1.29 is 4.74 Å². The molecule has 0 radical (unpaired) electrons. The Morgan fingerprint density at radius 1 is 1.29 bits per heavy atom. The highest BCUT2D eigenvalue weighted by molar-refractivity contribution is 5.85. The lowest BCUT2D eigenvalue weighted by atomic mass is 10.1. The number of likely N-dealkylation sites (N-methyl/N-ethyl adjacent to an activating group) is 1. The Kier molecular flexibility index (Phi) is 7.35. The summed E-state index contributed by atoms with van der Waals surface area (Å²) in [5.41, 5.74) is 6.56. The standard InChI is InChI=1S/C12H18N2O.2ClH/c1-14-8-4-5-10(9-14)15-12-7-3-2-6-11(12)13;;/h2-3,6-7,10H,4-5,8-9,13H2,1H3;2*1H. The summed E-state index contributed by atoms with van der Waals surface area (Å²) in [4.78, 5) is 2.30. The van der Waals surface area contributed by atoms with E-state index in [0.717, 1.165) is 24.4 Å². The minimum atomic E-state index is 0. The van der Waals surface area contributed by atoms with Crippen molar-refractivity contribution in [3.63, 3.8) is 0 Å². The van der Waals surface area contributed by atoms with Gasteiger partial charge in [-0.15, -0.1) is 24.8 Å². The van der Waals surface area contributed by atoms with E-state index in [-0.39, 0.29) is 30.9 Å². The number of halogens is 2. The molecule has 0 amide bonds. The van der Waals surface area contributed by atoms with Crippen molar-refractivity contribution in [2.24, 2.45) is 0 Å². The van der Waals surface area contributed by atoms with Gasteiger partial charge in [-0.2, -0.15) is 0 Å². The summed E-state index contributed by atoms with van der Waals surface area (Å²) in [6, 6.07) is 7.69. The average Bonchev–Trinajstić information content (AvgIpc) is 2.22. The van der Waals surface area contributed by atoms with Gasteiger partial charge in [0.15, 0.2) is 0 Å². The van der Waals surface area contributed by atoms with Crippen LogP contribution in [0.1, 0.15) is 12.8 Å². The van der Waals surface area contributed by atoms with Gasteiger partial charge in [-0.25, -0.2) is 0 Å². The van der Waals surface area contributed by atoms with Crippen LogP contribution in [0.2, 0.25) is 0 Å². The first-order valence-corrected chi connectivity index (χ1v) is 5.45. The van der Waals surface area contributed by atoms with Gasteiger partial charge in [0.05, 0.1) is 5.69 Å². The number of likely N-dealkylation sites (tertiary alicyclic amines) is 1. The van der Waals surface area contributed by atoms with E-state index in [1.165, 1.54) is 13.0 Å². The third kappa shape index (κ3) is 4.62. The second-order valence-electron chi connectivity index (χ2n) is 4.18. The van der Waals surface area contributed by atoms with E-state index in [1.807, 2.05) is 24.3 Å². The maximum atomic E-state index is 5.89. The zero-order valence-electron chi connectivity index (χ0n) is 9.96. The van der Waals surface area contributed by atoms with E-state index < -0.39 is 0 Å². The highest BCUT2D eigenvalue weighted by Gasteiger charge is 2.18. The lowest BCUT2D eigenvalue weighted by Crippen LogP contribution is -2.38. The number of nitrogens with zero attached hydrogens (tertiary/aromatic N) is 1. The number of para-hydroxylation sites is 2. The number of piperidine rings is 1. The summed E-state index contributed by atoms with van der Waals surface area (Å²) in [6.45, 7) is 2.17. The molecule has 5 heteroatoms. The first-order valence-electron chi connectivity index (χ1n) is 5.45. The number of rotatable bonds is 2.